The number of ether oxygens (including phenoxy) is 2. The Labute approximate surface area is 261 Å². The zero-order chi connectivity index (χ0) is 31.5. The highest BCUT2D eigenvalue weighted by molar-refractivity contribution is 8.24. The number of anilines is 3. The summed E-state index contributed by atoms with van der Waals surface area (Å²) < 4.78 is 34.6. The molecule has 2 aromatic carbocycles. The molecular formula is C32H46N2O7S2. The first-order valence-electron chi connectivity index (χ1n) is 14.9. The van der Waals surface area contributed by atoms with E-state index in [9.17, 15) is 18.7 Å². The van der Waals surface area contributed by atoms with Gasteiger partial charge in [-0.25, -0.2) is 9.59 Å². The fourth-order valence-electron chi connectivity index (χ4n) is 5.34. The van der Waals surface area contributed by atoms with E-state index in [-0.39, 0.29) is 11.2 Å². The number of carboxylic acids is 1. The molecule has 11 heteroatoms. The van der Waals surface area contributed by atoms with Gasteiger partial charge >= 0.3 is 12.1 Å². The van der Waals surface area contributed by atoms with Crippen LogP contribution in [-0.4, -0.2) is 51.4 Å². The molecule has 43 heavy (non-hydrogen) atoms. The summed E-state index contributed by atoms with van der Waals surface area (Å²) in [6.45, 7) is 7.28. The molecule has 0 atom stereocenters. The lowest BCUT2D eigenvalue weighted by Crippen LogP contribution is -2.37. The summed E-state index contributed by atoms with van der Waals surface area (Å²) in [5.41, 5.74) is 1.78. The van der Waals surface area contributed by atoms with Gasteiger partial charge in [-0.15, -0.1) is 11.8 Å². The lowest BCUT2D eigenvalue weighted by Gasteiger charge is -2.42. The number of carboxylic acid groups (broad SMARTS) is 1. The maximum atomic E-state index is 12.2. The third-order valence-corrected chi connectivity index (χ3v) is 10.4. The van der Waals surface area contributed by atoms with Crippen LogP contribution in [0.25, 0.3) is 0 Å². The van der Waals surface area contributed by atoms with Gasteiger partial charge in [0, 0.05) is 35.2 Å². The van der Waals surface area contributed by atoms with Crippen molar-refractivity contribution in [2.24, 2.45) is 5.41 Å². The van der Waals surface area contributed by atoms with Gasteiger partial charge in [0.05, 0.1) is 34.4 Å². The quantitative estimate of drug-likeness (QED) is 0.0655. The molecule has 1 heterocycles. The van der Waals surface area contributed by atoms with Crippen molar-refractivity contribution in [3.63, 3.8) is 0 Å². The Kier molecular flexibility index (Phi) is 13.1. The summed E-state index contributed by atoms with van der Waals surface area (Å²) in [6.07, 6.45) is 10.8. The van der Waals surface area contributed by atoms with Crippen LogP contribution < -0.4 is 15.0 Å². The first-order chi connectivity index (χ1) is 20.6. The fourth-order valence-corrected chi connectivity index (χ4v) is 8.07. The maximum Gasteiger partial charge on any atom is 0.411 e. The molecule has 1 aliphatic heterocycles. The number of hydrogen-bond donors (Lipinski definition) is 4. The molecule has 9 nitrogen and oxygen atoms in total. The van der Waals surface area contributed by atoms with Crippen LogP contribution in [0.2, 0.25) is 0 Å². The van der Waals surface area contributed by atoms with Crippen molar-refractivity contribution < 1.29 is 33.3 Å². The van der Waals surface area contributed by atoms with E-state index < -0.39 is 22.7 Å². The molecule has 0 spiro atoms. The number of hydrogen-bond acceptors (Lipinski definition) is 8. The number of nitrogens with zero attached hydrogens (tertiary/aromatic N) is 1. The van der Waals surface area contributed by atoms with Gasteiger partial charge in [-0.3, -0.25) is 14.4 Å². The van der Waals surface area contributed by atoms with Gasteiger partial charge in [0.1, 0.15) is 5.75 Å². The largest absolute Gasteiger partial charge is 0.478 e. The van der Waals surface area contributed by atoms with Crippen molar-refractivity contribution in [2.75, 3.05) is 35.4 Å². The molecule has 0 saturated heterocycles. The van der Waals surface area contributed by atoms with Crippen molar-refractivity contribution in [2.45, 2.75) is 81.9 Å². The highest BCUT2D eigenvalue weighted by atomic mass is 32.3. The molecule has 3 rings (SSSR count). The molecule has 0 saturated carbocycles. The minimum atomic E-state index is -3.26. The summed E-state index contributed by atoms with van der Waals surface area (Å²) in [5, 5.41) is 11.8. The third kappa shape index (κ3) is 9.56. The topological polar surface area (TPSA) is 129 Å². The summed E-state index contributed by atoms with van der Waals surface area (Å²) in [4.78, 5) is 26.5. The molecule has 1 aliphatic rings. The second-order valence-electron chi connectivity index (χ2n) is 11.0. The van der Waals surface area contributed by atoms with Crippen LogP contribution in [0.3, 0.4) is 0 Å². The minimum Gasteiger partial charge on any atom is -0.478 e. The molecule has 238 valence electrons. The van der Waals surface area contributed by atoms with Crippen LogP contribution in [0, 0.1) is 5.41 Å². The van der Waals surface area contributed by atoms with E-state index in [0.29, 0.717) is 35.2 Å². The minimum absolute atomic E-state index is 0.232. The average Bonchev–Trinajstić information content (AvgIpc) is 3.06. The summed E-state index contributed by atoms with van der Waals surface area (Å²) in [6, 6.07) is 11.0. The zero-order valence-electron chi connectivity index (χ0n) is 25.6. The molecular weight excluding hydrogens is 588 g/mol. The van der Waals surface area contributed by atoms with E-state index in [4.69, 9.17) is 14.6 Å². The van der Waals surface area contributed by atoms with Gasteiger partial charge in [-0.1, -0.05) is 52.9 Å². The van der Waals surface area contributed by atoms with E-state index in [1.54, 1.807) is 6.07 Å². The van der Waals surface area contributed by atoms with Crippen LogP contribution in [0.4, 0.5) is 21.9 Å². The highest BCUT2D eigenvalue weighted by Crippen LogP contribution is 2.62. The molecule has 1 amide bonds. The van der Waals surface area contributed by atoms with Crippen LogP contribution >= 0.6 is 22.4 Å². The van der Waals surface area contributed by atoms with E-state index >= 15 is 0 Å². The van der Waals surface area contributed by atoms with E-state index in [0.717, 1.165) is 74.3 Å². The number of nitrogens with one attached hydrogen (secondary N) is 1. The number of carbonyl (C=O) groups excluding carboxylic acids is 1. The molecule has 0 unspecified atom stereocenters. The zero-order valence-corrected chi connectivity index (χ0v) is 27.3. The number of thioether (sulfide) groups is 1. The average molecular weight is 635 g/mol. The fraction of sp³-hybridized carbons (Fsp3) is 0.500. The molecule has 2 aromatic rings. The predicted molar refractivity (Wildman–Crippen MR) is 176 cm³/mol. The van der Waals surface area contributed by atoms with Crippen molar-refractivity contribution >= 4 is 51.5 Å². The number of benzene rings is 2. The second-order valence-corrected chi connectivity index (χ2v) is 13.9. The Morgan fingerprint density at radius 2 is 1.70 bits per heavy atom. The predicted octanol–water partition coefficient (Wildman–Crippen LogP) is 9.36. The van der Waals surface area contributed by atoms with E-state index in [1.165, 1.54) is 11.8 Å². The molecule has 0 aliphatic carbocycles. The van der Waals surface area contributed by atoms with Gasteiger partial charge in [-0.05, 0) is 55.9 Å². The van der Waals surface area contributed by atoms with E-state index in [1.807, 2.05) is 43.5 Å². The Morgan fingerprint density at radius 3 is 2.28 bits per heavy atom. The molecule has 0 aromatic heterocycles. The molecule has 0 bridgehead atoms. The monoisotopic (exact) mass is 634 g/mol. The number of carbonyl (C=O) groups is 2. The van der Waals surface area contributed by atoms with Crippen molar-refractivity contribution in [3.8, 4) is 5.75 Å². The number of amides is 1. The van der Waals surface area contributed by atoms with Crippen molar-refractivity contribution in [3.05, 3.63) is 48.7 Å². The smallest absolute Gasteiger partial charge is 0.411 e. The van der Waals surface area contributed by atoms with E-state index in [2.05, 4.69) is 24.1 Å². The lowest BCUT2D eigenvalue weighted by atomic mass is 9.79. The SMILES string of the molecule is CCCCOC(=O)Nc1ccc(N2CC(CCCC)(CCCC)CS(O)(O)c3cc(O/C=C/C(=O)O)c(SC)cc32)cc1. The molecule has 4 N–H and O–H groups in total. The van der Waals surface area contributed by atoms with Crippen LogP contribution in [0.5, 0.6) is 5.75 Å². The van der Waals surface area contributed by atoms with Gasteiger partial charge < -0.3 is 19.5 Å². The van der Waals surface area contributed by atoms with Gasteiger partial charge in [0.15, 0.2) is 0 Å². The number of rotatable bonds is 15. The van der Waals surface area contributed by atoms with Crippen molar-refractivity contribution in [1.29, 1.82) is 0 Å². The van der Waals surface area contributed by atoms with Gasteiger partial charge in [0.2, 0.25) is 0 Å². The first kappa shape index (κ1) is 34.6. The summed E-state index contributed by atoms with van der Waals surface area (Å²) >= 11 is 1.43. The molecule has 0 radical (unpaired) electrons. The normalized spacial score (nSPS) is 16.3. The van der Waals surface area contributed by atoms with Crippen LogP contribution in [-0.2, 0) is 9.53 Å². The number of unbranched alkanes of at least 4 members (excludes halogenated alkanes) is 3. The standard InChI is InChI=1S/C32H46N2O7S2/c1-5-8-16-32(17-9-6-2)22-34(25-13-11-24(12-14-25)33-31(37)41-18-10-7-3)26-20-28(42-4)27(40-19-15-30(35)36)21-29(26)43(38,39)23-32/h11-15,19-21,38-39H,5-10,16-18,22-23H2,1-4H3,(H,33,37)(H,35,36)/b19-15+. The van der Waals surface area contributed by atoms with Gasteiger partial charge in [-0.2, -0.15) is 10.6 Å². The summed E-state index contributed by atoms with van der Waals surface area (Å²) in [7, 11) is -3.26. The third-order valence-electron chi connectivity index (χ3n) is 7.57. The number of fused-ring (bicyclic) bond motifs is 1. The Morgan fingerprint density at radius 1 is 1.05 bits per heavy atom. The lowest BCUT2D eigenvalue weighted by molar-refractivity contribution is -0.131. The van der Waals surface area contributed by atoms with Crippen LogP contribution in [0.15, 0.2) is 58.5 Å². The Balaban J connectivity index is 2.11. The van der Waals surface area contributed by atoms with Gasteiger partial charge in [0.25, 0.3) is 0 Å². The Hall–Kier alpha value is -2.86. The number of aliphatic carboxylic acids is 1. The highest BCUT2D eigenvalue weighted by Gasteiger charge is 2.42. The molecule has 0 fully saturated rings. The summed E-state index contributed by atoms with van der Waals surface area (Å²) in [5.74, 6) is -0.547. The Bertz CT molecular complexity index is 1240. The second kappa shape index (κ2) is 16.3. The van der Waals surface area contributed by atoms with Crippen molar-refractivity contribution in [1.82, 2.24) is 0 Å². The first-order valence-corrected chi connectivity index (χ1v) is 17.9. The van der Waals surface area contributed by atoms with Crippen LogP contribution in [0.1, 0.15) is 72.1 Å². The maximum absolute atomic E-state index is 12.2.